The Bertz CT molecular complexity index is 3640. The fourth-order valence-electron chi connectivity index (χ4n) is 8.34. The number of rotatable bonds is 12. The predicted octanol–water partition coefficient (Wildman–Crippen LogP) is 7.79. The molecule has 1 aliphatic rings. The Kier molecular flexibility index (Phi) is 18.5. The van der Waals surface area contributed by atoms with Crippen molar-refractivity contribution in [2.45, 2.75) is 70.7 Å². The lowest BCUT2D eigenvalue weighted by atomic mass is 9.90. The molecule has 0 unspecified atom stereocenters. The molecule has 420 valence electrons. The number of aromatic nitrogens is 7. The highest BCUT2D eigenvalue weighted by molar-refractivity contribution is 7.15. The zero-order valence-electron chi connectivity index (χ0n) is 43.7. The number of amides is 6. The number of aryl methyl sites for hydroxylation is 1. The number of fused-ring (bicyclic) bond motifs is 14. The highest BCUT2D eigenvalue weighted by Gasteiger charge is 2.33. The number of aliphatic hydroxyl groups excluding tert-OH is 1. The average Bonchev–Trinajstić information content (AvgIpc) is 4.33. The third-order valence-corrected chi connectivity index (χ3v) is 18.2. The molecular weight excluding hydrogens is 1160 g/mol. The third kappa shape index (κ3) is 13.8. The van der Waals surface area contributed by atoms with Crippen LogP contribution < -0.4 is 31.9 Å². The van der Waals surface area contributed by atoms with E-state index in [1.54, 1.807) is 70.9 Å². The van der Waals surface area contributed by atoms with Crippen molar-refractivity contribution in [1.82, 2.24) is 61.5 Å². The second-order valence-corrected chi connectivity index (χ2v) is 24.3. The number of pyridine rings is 1. The number of ether oxygens (including phenoxy) is 1. The first-order chi connectivity index (χ1) is 39.0. The number of urea groups is 1. The molecule has 8 heterocycles. The van der Waals surface area contributed by atoms with E-state index in [4.69, 9.17) is 39.7 Å². The minimum Gasteiger partial charge on any atom is -0.481 e. The summed E-state index contributed by atoms with van der Waals surface area (Å²) in [7, 11) is 2.95. The van der Waals surface area contributed by atoms with Gasteiger partial charge in [0, 0.05) is 65.0 Å². The van der Waals surface area contributed by atoms with E-state index in [1.165, 1.54) is 70.8 Å². The number of Topliss-reactive ketones (excluding diaryl/α,β-unsaturated/α-hetero) is 1. The van der Waals surface area contributed by atoms with E-state index in [9.17, 15) is 38.7 Å². The maximum absolute atomic E-state index is 14.3. The topological polar surface area (TPSA) is 332 Å². The summed E-state index contributed by atoms with van der Waals surface area (Å²) in [5, 5.41) is 46.1. The number of nitrogens with one attached hydrogen (secondary N) is 6. The highest BCUT2D eigenvalue weighted by Crippen LogP contribution is 2.41. The van der Waals surface area contributed by atoms with Crippen molar-refractivity contribution < 1.29 is 48.5 Å². The molecule has 23 nitrogen and oxygen atoms in total. The number of thiazole rings is 6. The molecule has 8 aromatic rings. The van der Waals surface area contributed by atoms with Crippen LogP contribution in [0.2, 0.25) is 0 Å². The summed E-state index contributed by atoms with van der Waals surface area (Å²) in [6.45, 7) is 5.05. The number of carbonyl (C=O) groups is 7. The maximum Gasteiger partial charge on any atom is 0.320 e. The summed E-state index contributed by atoms with van der Waals surface area (Å²) in [6.07, 6.45) is -1.79. The van der Waals surface area contributed by atoms with E-state index in [2.05, 4.69) is 36.9 Å². The number of carboxylic acid groups (broad SMARTS) is 1. The summed E-state index contributed by atoms with van der Waals surface area (Å²) < 4.78 is 5.46. The van der Waals surface area contributed by atoms with Gasteiger partial charge in [-0.25, -0.2) is 39.7 Å². The van der Waals surface area contributed by atoms with Gasteiger partial charge in [0.2, 0.25) is 11.8 Å². The summed E-state index contributed by atoms with van der Waals surface area (Å²) in [4.78, 5) is 128. The fourth-order valence-corrected chi connectivity index (χ4v) is 13.9. The molecule has 0 fully saturated rings. The Morgan fingerprint density at radius 2 is 1.47 bits per heavy atom. The SMILES string of the molecule is CNC(=O)C[C@@H]1NC(=O)c2csc(n2)-c2ccc(-c3nc(NC(=O)NCCC(=O)O)cs3)nc2-c2csc(n2)-c2csc(n2)[C@H]([C@@H](O)c2ccccc2)NC(=O)CNC(=O)c2nc(sc2COC)[C@H](C(C)C)CC(=O)c2nc1sc2C. The van der Waals surface area contributed by atoms with Crippen LogP contribution in [0.5, 0.6) is 0 Å². The first-order valence-electron chi connectivity index (χ1n) is 24.9. The molecule has 8 N–H and O–H groups in total. The van der Waals surface area contributed by atoms with Crippen LogP contribution in [0.25, 0.3) is 43.4 Å². The Balaban J connectivity index is 1.12. The molecule has 1 aliphatic heterocycles. The molecule has 81 heavy (non-hydrogen) atoms. The monoisotopic (exact) mass is 1210 g/mol. The molecule has 9 rings (SSSR count). The number of carboxylic acids is 1. The van der Waals surface area contributed by atoms with E-state index in [1.807, 2.05) is 13.8 Å². The van der Waals surface area contributed by atoms with Gasteiger partial charge in [-0.15, -0.1) is 68.0 Å². The molecule has 0 radical (unpaired) electrons. The van der Waals surface area contributed by atoms with Crippen molar-refractivity contribution in [2.24, 2.45) is 5.92 Å². The summed E-state index contributed by atoms with van der Waals surface area (Å²) in [5.41, 5.74) is 2.75. The Morgan fingerprint density at radius 1 is 0.753 bits per heavy atom. The van der Waals surface area contributed by atoms with E-state index in [0.717, 1.165) is 11.3 Å². The first-order valence-corrected chi connectivity index (χ1v) is 30.0. The number of benzene rings is 1. The van der Waals surface area contributed by atoms with Crippen LogP contribution in [0, 0.1) is 12.8 Å². The van der Waals surface area contributed by atoms with Crippen molar-refractivity contribution in [3.05, 3.63) is 111 Å². The minimum atomic E-state index is -1.28. The quantitative estimate of drug-likeness (QED) is 0.0578. The van der Waals surface area contributed by atoms with Crippen LogP contribution in [-0.4, -0.2) is 114 Å². The highest BCUT2D eigenvalue weighted by atomic mass is 32.1. The van der Waals surface area contributed by atoms with Crippen molar-refractivity contribution in [3.63, 3.8) is 0 Å². The van der Waals surface area contributed by atoms with Crippen LogP contribution in [0.4, 0.5) is 10.6 Å². The van der Waals surface area contributed by atoms with Crippen LogP contribution in [-0.2, 0) is 25.7 Å². The van der Waals surface area contributed by atoms with Gasteiger partial charge < -0.3 is 41.5 Å². The Labute approximate surface area is 486 Å². The van der Waals surface area contributed by atoms with Crippen molar-refractivity contribution in [2.75, 3.05) is 32.6 Å². The molecular formula is C52H51N13O10S6. The number of hydrogen-bond donors (Lipinski definition) is 8. The lowest BCUT2D eigenvalue weighted by Gasteiger charge is -2.23. The second-order valence-electron chi connectivity index (χ2n) is 18.5. The van der Waals surface area contributed by atoms with Gasteiger partial charge in [0.15, 0.2) is 5.78 Å². The van der Waals surface area contributed by atoms with Gasteiger partial charge in [-0.1, -0.05) is 44.2 Å². The minimum absolute atomic E-state index is 0.0233. The van der Waals surface area contributed by atoms with E-state index >= 15 is 0 Å². The molecule has 0 spiro atoms. The van der Waals surface area contributed by atoms with Gasteiger partial charge in [-0.2, -0.15) is 0 Å². The largest absolute Gasteiger partial charge is 0.481 e. The van der Waals surface area contributed by atoms with Gasteiger partial charge >= 0.3 is 12.0 Å². The van der Waals surface area contributed by atoms with Crippen molar-refractivity contribution in [1.29, 1.82) is 0 Å². The van der Waals surface area contributed by atoms with E-state index < -0.39 is 66.3 Å². The maximum atomic E-state index is 14.3. The Morgan fingerprint density at radius 3 is 2.22 bits per heavy atom. The fraction of sp³-hybridized carbons (Fsp3) is 0.308. The number of ketones is 1. The number of methoxy groups -OCH3 is 1. The van der Waals surface area contributed by atoms with Crippen molar-refractivity contribution >= 4 is 115 Å². The predicted molar refractivity (Wildman–Crippen MR) is 308 cm³/mol. The molecule has 10 bridgehead atoms. The van der Waals surface area contributed by atoms with Crippen molar-refractivity contribution in [3.8, 4) is 43.4 Å². The zero-order chi connectivity index (χ0) is 57.5. The summed E-state index contributed by atoms with van der Waals surface area (Å²) >= 11 is 7.19. The standard InChI is InChI=1S/C52H51N13O10S6/c1-23(2)27-15-33(66)39-24(3)80-50(64-39)29(16-36(67)53-4)57-44(72)31-20-76-46(59-31)26-11-12-28(48-61-35(22-79-48)62-52(74)54-14-13-38(69)70)56-40(26)30-19-77-49(58-30)32-21-78-51(60-32)42(43(71)25-9-7-6-8-10-25)63-37(68)17-55-45(73)41-34(18-75-5)81-47(27)65-41/h6-12,19-23,27,29,42-43,71H,13-18H2,1-5H3,(H,53,67)(H,55,73)(H,57,72)(H,63,68)(H,69,70)(H2,54,62,74)/t27-,29-,42-,43-/m0/s1. The van der Waals surface area contributed by atoms with Gasteiger partial charge in [-0.05, 0) is 30.5 Å². The number of aliphatic hydroxyl groups is 1. The lowest BCUT2D eigenvalue weighted by Crippen LogP contribution is -2.40. The molecule has 0 saturated carbocycles. The normalized spacial score (nSPS) is 16.5. The average molecular weight is 1210 g/mol. The third-order valence-electron chi connectivity index (χ3n) is 12.5. The number of anilines is 1. The van der Waals surface area contributed by atoms with Gasteiger partial charge in [0.25, 0.3) is 11.8 Å². The van der Waals surface area contributed by atoms with Gasteiger partial charge in [0.1, 0.15) is 77.2 Å². The molecule has 0 saturated heterocycles. The first kappa shape index (κ1) is 58.0. The molecule has 6 amide bonds. The number of hydrogen-bond acceptors (Lipinski definition) is 22. The second kappa shape index (κ2) is 25.9. The van der Waals surface area contributed by atoms with E-state index in [-0.39, 0.29) is 67.0 Å². The molecule has 0 aliphatic carbocycles. The number of carbonyl (C=O) groups excluding carboxylic acids is 6. The number of aliphatic carboxylic acids is 1. The number of nitrogens with zero attached hydrogens (tertiary/aromatic N) is 7. The van der Waals surface area contributed by atoms with Crippen LogP contribution >= 0.6 is 68.0 Å². The molecule has 1 aromatic carbocycles. The van der Waals surface area contributed by atoms with E-state index in [0.29, 0.717) is 73.7 Å². The Hall–Kier alpha value is -7.64. The smallest absolute Gasteiger partial charge is 0.320 e. The molecule has 4 atom stereocenters. The van der Waals surface area contributed by atoms with Crippen LogP contribution in [0.1, 0.15) is 119 Å². The lowest BCUT2D eigenvalue weighted by molar-refractivity contribution is -0.136. The van der Waals surface area contributed by atoms with Crippen LogP contribution in [0.3, 0.4) is 0 Å². The molecule has 29 heteroatoms. The summed E-state index contributed by atoms with van der Waals surface area (Å²) in [6, 6.07) is 9.52. The van der Waals surface area contributed by atoms with Gasteiger partial charge in [-0.3, -0.25) is 34.1 Å². The van der Waals surface area contributed by atoms with Gasteiger partial charge in [0.05, 0.1) is 47.6 Å². The summed E-state index contributed by atoms with van der Waals surface area (Å²) in [5.74, 6) is -4.09. The zero-order valence-corrected chi connectivity index (χ0v) is 48.6. The molecule has 7 aromatic heterocycles. The van der Waals surface area contributed by atoms with Crippen LogP contribution in [0.15, 0.2) is 64.0 Å².